The number of benzene rings is 5. The number of fused-ring (bicyclic) bond motifs is 1. The van der Waals surface area contributed by atoms with E-state index in [1.165, 1.54) is 26.9 Å². The molecule has 2 nitrogen and oxygen atoms in total. The Morgan fingerprint density at radius 1 is 0.545 bits per heavy atom. The molecule has 33 heavy (non-hydrogen) atoms. The lowest BCUT2D eigenvalue weighted by atomic mass is 10.1. The van der Waals surface area contributed by atoms with Gasteiger partial charge in [-0.25, -0.2) is 0 Å². The van der Waals surface area contributed by atoms with Gasteiger partial charge in [-0.2, -0.15) is 0 Å². The Kier molecular flexibility index (Phi) is 6.77. The van der Waals surface area contributed by atoms with Crippen LogP contribution < -0.4 is 21.2 Å². The second-order valence-corrected chi connectivity index (χ2v) is 10.3. The fraction of sp³-hybridized carbons (Fsp3) is 0.0667. The van der Waals surface area contributed by atoms with E-state index in [0.717, 1.165) is 12.2 Å². The third-order valence-corrected chi connectivity index (χ3v) is 8.29. The molecule has 162 valence electrons. The summed E-state index contributed by atoms with van der Waals surface area (Å²) in [5, 5.41) is 12.9. The quantitative estimate of drug-likeness (QED) is 0.211. The van der Waals surface area contributed by atoms with Crippen LogP contribution in [0.25, 0.3) is 10.8 Å². The van der Waals surface area contributed by atoms with Crippen LogP contribution >= 0.6 is 7.92 Å². The molecular formula is C30H27N2P. The van der Waals surface area contributed by atoms with E-state index in [9.17, 15) is 0 Å². The van der Waals surface area contributed by atoms with Crippen molar-refractivity contribution in [1.82, 2.24) is 5.32 Å². The first-order valence-corrected chi connectivity index (χ1v) is 12.7. The van der Waals surface area contributed by atoms with Crippen molar-refractivity contribution in [2.24, 2.45) is 0 Å². The molecule has 5 rings (SSSR count). The van der Waals surface area contributed by atoms with Crippen LogP contribution in [0.2, 0.25) is 0 Å². The van der Waals surface area contributed by atoms with Gasteiger partial charge in [-0.15, -0.1) is 0 Å². The van der Waals surface area contributed by atoms with E-state index < -0.39 is 7.92 Å². The molecule has 0 bridgehead atoms. The average molecular weight is 447 g/mol. The molecule has 0 aliphatic rings. The molecule has 0 saturated heterocycles. The van der Waals surface area contributed by atoms with Crippen molar-refractivity contribution in [3.63, 3.8) is 0 Å². The highest BCUT2D eigenvalue weighted by Gasteiger charge is 2.25. The zero-order valence-electron chi connectivity index (χ0n) is 18.4. The molecule has 0 heterocycles. The molecule has 3 heteroatoms. The van der Waals surface area contributed by atoms with Crippen LogP contribution in [0.1, 0.15) is 5.56 Å². The highest BCUT2D eigenvalue weighted by Crippen LogP contribution is 2.39. The monoisotopic (exact) mass is 446 g/mol. The van der Waals surface area contributed by atoms with Gasteiger partial charge in [0.05, 0.1) is 0 Å². The fourth-order valence-electron chi connectivity index (χ4n) is 4.14. The Labute approximate surface area is 197 Å². The lowest BCUT2D eigenvalue weighted by Crippen LogP contribution is -2.39. The van der Waals surface area contributed by atoms with Crippen molar-refractivity contribution >= 4 is 35.0 Å². The fourth-order valence-corrected chi connectivity index (χ4v) is 6.56. The zero-order valence-corrected chi connectivity index (χ0v) is 19.3. The first-order valence-electron chi connectivity index (χ1n) is 11.3. The molecule has 1 atom stereocenters. The van der Waals surface area contributed by atoms with E-state index in [-0.39, 0.29) is 5.91 Å². The summed E-state index contributed by atoms with van der Waals surface area (Å²) in [5.74, 6) is 0.0517. The van der Waals surface area contributed by atoms with Gasteiger partial charge in [0.1, 0.15) is 5.91 Å². The number of anilines is 1. The topological polar surface area (TPSA) is 24.1 Å². The predicted octanol–water partition coefficient (Wildman–Crippen LogP) is 6.46. The summed E-state index contributed by atoms with van der Waals surface area (Å²) in [6.07, 6.45) is 0. The molecule has 1 unspecified atom stereocenters. The summed E-state index contributed by atoms with van der Waals surface area (Å²) in [5.41, 5.74) is 2.43. The van der Waals surface area contributed by atoms with Crippen molar-refractivity contribution in [3.8, 4) is 0 Å². The van der Waals surface area contributed by atoms with E-state index in [4.69, 9.17) is 0 Å². The predicted molar refractivity (Wildman–Crippen MR) is 144 cm³/mol. The highest BCUT2D eigenvalue weighted by molar-refractivity contribution is 7.73. The summed E-state index contributed by atoms with van der Waals surface area (Å²) in [6.45, 7) is 0.793. The third-order valence-electron chi connectivity index (χ3n) is 5.75. The molecule has 0 amide bonds. The van der Waals surface area contributed by atoms with Crippen LogP contribution in [0.5, 0.6) is 0 Å². The van der Waals surface area contributed by atoms with Crippen LogP contribution in [-0.4, -0.2) is 5.91 Å². The second-order valence-electron chi connectivity index (χ2n) is 7.98. The van der Waals surface area contributed by atoms with E-state index in [1.54, 1.807) is 0 Å². The van der Waals surface area contributed by atoms with E-state index in [0.29, 0.717) is 0 Å². The van der Waals surface area contributed by atoms with Crippen LogP contribution in [0, 0.1) is 0 Å². The first kappa shape index (κ1) is 21.4. The minimum atomic E-state index is -0.712. The molecule has 5 aromatic carbocycles. The van der Waals surface area contributed by atoms with Gasteiger partial charge in [0.25, 0.3) is 0 Å². The Morgan fingerprint density at radius 3 is 1.76 bits per heavy atom. The molecule has 0 aromatic heterocycles. The standard InChI is InChI=1S/C30H27N2P/c1-4-13-24(14-5-1)23-31-30(32-29-22-12-16-25-15-10-11-21-28(25)29)33(26-17-6-2-7-18-26)27-19-8-3-9-20-27/h1-22,30-32H,23H2. The Bertz CT molecular complexity index is 1250. The third kappa shape index (κ3) is 5.14. The Hall–Kier alpha value is -3.45. The van der Waals surface area contributed by atoms with Gasteiger partial charge >= 0.3 is 0 Å². The number of hydrogen-bond acceptors (Lipinski definition) is 2. The molecule has 5 aromatic rings. The molecular weight excluding hydrogens is 419 g/mol. The first-order chi connectivity index (χ1) is 16.4. The lowest BCUT2D eigenvalue weighted by molar-refractivity contribution is 0.692. The summed E-state index contributed by atoms with van der Waals surface area (Å²) >= 11 is 0. The number of rotatable bonds is 8. The summed E-state index contributed by atoms with van der Waals surface area (Å²) in [7, 11) is -0.712. The molecule has 0 radical (unpaired) electrons. The molecule has 0 aliphatic heterocycles. The maximum absolute atomic E-state index is 3.91. The molecule has 0 fully saturated rings. The van der Waals surface area contributed by atoms with Crippen LogP contribution in [0.4, 0.5) is 5.69 Å². The Balaban J connectivity index is 1.56. The number of nitrogens with one attached hydrogen (secondary N) is 2. The van der Waals surface area contributed by atoms with E-state index in [2.05, 4.69) is 144 Å². The van der Waals surface area contributed by atoms with E-state index >= 15 is 0 Å². The molecule has 2 N–H and O–H groups in total. The van der Waals surface area contributed by atoms with Gasteiger partial charge < -0.3 is 5.32 Å². The summed E-state index contributed by atoms with van der Waals surface area (Å²) in [6, 6.07) is 47.4. The van der Waals surface area contributed by atoms with Crippen LogP contribution in [-0.2, 0) is 6.54 Å². The van der Waals surface area contributed by atoms with Gasteiger partial charge in [0.2, 0.25) is 0 Å². The normalized spacial score (nSPS) is 12.0. The van der Waals surface area contributed by atoms with Gasteiger partial charge in [-0.3, -0.25) is 5.32 Å². The van der Waals surface area contributed by atoms with Gasteiger partial charge in [-0.1, -0.05) is 127 Å². The van der Waals surface area contributed by atoms with Crippen LogP contribution in [0.15, 0.2) is 133 Å². The van der Waals surface area contributed by atoms with Crippen molar-refractivity contribution in [3.05, 3.63) is 139 Å². The lowest BCUT2D eigenvalue weighted by Gasteiger charge is -2.31. The summed E-state index contributed by atoms with van der Waals surface area (Å²) < 4.78 is 0. The maximum Gasteiger partial charge on any atom is 0.105 e. The zero-order chi connectivity index (χ0) is 22.3. The molecule has 0 saturated carbocycles. The minimum Gasteiger partial charge on any atom is -0.365 e. The SMILES string of the molecule is c1ccc(CNC(Nc2cccc3ccccc23)P(c2ccccc2)c2ccccc2)cc1. The summed E-state index contributed by atoms with van der Waals surface area (Å²) in [4.78, 5) is 0. The maximum atomic E-state index is 3.91. The van der Waals surface area contributed by atoms with Gasteiger partial charge in [0, 0.05) is 17.6 Å². The van der Waals surface area contributed by atoms with Crippen LogP contribution in [0.3, 0.4) is 0 Å². The highest BCUT2D eigenvalue weighted by atomic mass is 31.1. The second kappa shape index (κ2) is 10.4. The van der Waals surface area contributed by atoms with Crippen molar-refractivity contribution in [1.29, 1.82) is 0 Å². The average Bonchev–Trinajstić information content (AvgIpc) is 2.89. The van der Waals surface area contributed by atoms with Crippen molar-refractivity contribution < 1.29 is 0 Å². The Morgan fingerprint density at radius 2 is 1.09 bits per heavy atom. The number of hydrogen-bond donors (Lipinski definition) is 2. The smallest absolute Gasteiger partial charge is 0.105 e. The van der Waals surface area contributed by atoms with Gasteiger partial charge in [-0.05, 0) is 35.5 Å². The van der Waals surface area contributed by atoms with Crippen molar-refractivity contribution in [2.45, 2.75) is 12.5 Å². The molecule has 0 spiro atoms. The largest absolute Gasteiger partial charge is 0.365 e. The molecule has 0 aliphatic carbocycles. The minimum absolute atomic E-state index is 0.0517. The van der Waals surface area contributed by atoms with Gasteiger partial charge in [0.15, 0.2) is 0 Å². The van der Waals surface area contributed by atoms with E-state index in [1.807, 2.05) is 0 Å². The van der Waals surface area contributed by atoms with Crippen molar-refractivity contribution in [2.75, 3.05) is 5.32 Å².